The molecule has 1 fully saturated rings. The van der Waals surface area contributed by atoms with Crippen LogP contribution < -0.4 is 10.0 Å². The van der Waals surface area contributed by atoms with Crippen LogP contribution in [0.25, 0.3) is 0 Å². The molecule has 21 heavy (non-hydrogen) atoms. The van der Waals surface area contributed by atoms with E-state index in [0.717, 1.165) is 24.9 Å². The monoisotopic (exact) mass is 311 g/mol. The molecule has 0 unspecified atom stereocenters. The first-order valence-electron chi connectivity index (χ1n) is 7.73. The van der Waals surface area contributed by atoms with Gasteiger partial charge < -0.3 is 5.32 Å². The molecule has 5 nitrogen and oxygen atoms in total. The number of nitrogens with zero attached hydrogens (tertiary/aromatic N) is 1. The molecule has 118 valence electrons. The smallest absolute Gasteiger partial charge is 0.258 e. The van der Waals surface area contributed by atoms with Crippen molar-refractivity contribution >= 4 is 10.0 Å². The van der Waals surface area contributed by atoms with Gasteiger partial charge in [-0.1, -0.05) is 32.8 Å². The topological polar surface area (TPSA) is 71.1 Å². The van der Waals surface area contributed by atoms with Gasteiger partial charge in [0.2, 0.25) is 0 Å². The standard InChI is InChI=1S/C15H25N3O2S/c1-3-12(4-2)11-18-21(19,20)15-8-5-13(10-17-15)9-16-14-6-7-14/h5,8,10,12,14,16,18H,3-4,6-7,9,11H2,1-2H3. The lowest BCUT2D eigenvalue weighted by Crippen LogP contribution is -2.29. The van der Waals surface area contributed by atoms with Crippen molar-refractivity contribution in [3.8, 4) is 0 Å². The molecule has 1 aromatic heterocycles. The van der Waals surface area contributed by atoms with E-state index < -0.39 is 10.0 Å². The Hall–Kier alpha value is -0.980. The summed E-state index contributed by atoms with van der Waals surface area (Å²) in [7, 11) is -3.49. The molecule has 1 aromatic rings. The molecule has 1 saturated carbocycles. The van der Waals surface area contributed by atoms with Crippen molar-refractivity contribution in [2.75, 3.05) is 6.54 Å². The minimum absolute atomic E-state index is 0.101. The zero-order valence-electron chi connectivity index (χ0n) is 12.8. The molecule has 2 N–H and O–H groups in total. The van der Waals surface area contributed by atoms with E-state index in [9.17, 15) is 8.42 Å². The summed E-state index contributed by atoms with van der Waals surface area (Å²) in [4.78, 5) is 4.09. The fourth-order valence-electron chi connectivity index (χ4n) is 2.10. The Kier molecular flexibility index (Phi) is 5.72. The van der Waals surface area contributed by atoms with Crippen molar-refractivity contribution < 1.29 is 8.42 Å². The second-order valence-electron chi connectivity index (χ2n) is 5.69. The SMILES string of the molecule is CCC(CC)CNS(=O)(=O)c1ccc(CNC2CC2)cn1. The van der Waals surface area contributed by atoms with E-state index in [1.165, 1.54) is 12.8 Å². The Balaban J connectivity index is 1.92. The molecule has 1 aliphatic rings. The highest BCUT2D eigenvalue weighted by molar-refractivity contribution is 7.89. The van der Waals surface area contributed by atoms with Gasteiger partial charge in [0.15, 0.2) is 5.03 Å². The first kappa shape index (κ1) is 16.4. The Morgan fingerprint density at radius 3 is 2.52 bits per heavy atom. The number of rotatable bonds is 9. The molecule has 1 aliphatic carbocycles. The zero-order chi connectivity index (χ0) is 15.3. The van der Waals surface area contributed by atoms with E-state index >= 15 is 0 Å². The van der Waals surface area contributed by atoms with Gasteiger partial charge in [-0.2, -0.15) is 0 Å². The van der Waals surface area contributed by atoms with Crippen molar-refractivity contribution in [1.29, 1.82) is 0 Å². The van der Waals surface area contributed by atoms with Crippen LogP contribution in [0.4, 0.5) is 0 Å². The van der Waals surface area contributed by atoms with Crippen LogP contribution in [-0.4, -0.2) is 26.0 Å². The fourth-order valence-corrected chi connectivity index (χ4v) is 3.14. The first-order valence-corrected chi connectivity index (χ1v) is 9.21. The van der Waals surface area contributed by atoms with E-state index in [2.05, 4.69) is 28.9 Å². The molecular weight excluding hydrogens is 286 g/mol. The lowest BCUT2D eigenvalue weighted by Gasteiger charge is -2.13. The normalized spacial score (nSPS) is 15.6. The zero-order valence-corrected chi connectivity index (χ0v) is 13.6. The van der Waals surface area contributed by atoms with Gasteiger partial charge in [0.1, 0.15) is 0 Å². The van der Waals surface area contributed by atoms with Crippen LogP contribution >= 0.6 is 0 Å². The van der Waals surface area contributed by atoms with Crippen LogP contribution in [0.1, 0.15) is 45.1 Å². The fraction of sp³-hybridized carbons (Fsp3) is 0.667. The Bertz CT molecular complexity index is 535. The molecule has 2 rings (SSSR count). The first-order chi connectivity index (χ1) is 10.0. The molecule has 0 amide bonds. The van der Waals surface area contributed by atoms with Gasteiger partial charge in [0, 0.05) is 25.3 Å². The van der Waals surface area contributed by atoms with E-state index in [4.69, 9.17) is 0 Å². The molecule has 0 spiro atoms. The molecule has 0 aliphatic heterocycles. The molecule has 6 heteroatoms. The highest BCUT2D eigenvalue weighted by Gasteiger charge is 2.20. The Labute approximate surface area is 127 Å². The van der Waals surface area contributed by atoms with E-state index in [1.807, 2.05) is 6.07 Å². The predicted molar refractivity (Wildman–Crippen MR) is 83.4 cm³/mol. The van der Waals surface area contributed by atoms with Gasteiger partial charge in [-0.05, 0) is 30.4 Å². The van der Waals surface area contributed by atoms with Crippen LogP contribution in [0.5, 0.6) is 0 Å². The molecule has 1 heterocycles. The number of aromatic nitrogens is 1. The number of hydrogen-bond acceptors (Lipinski definition) is 4. The third-order valence-corrected chi connectivity index (χ3v) is 5.30. The van der Waals surface area contributed by atoms with Gasteiger partial charge in [0.25, 0.3) is 10.0 Å². The van der Waals surface area contributed by atoms with Crippen molar-refractivity contribution in [3.63, 3.8) is 0 Å². The van der Waals surface area contributed by atoms with Crippen LogP contribution in [-0.2, 0) is 16.6 Å². The third-order valence-electron chi connectivity index (χ3n) is 3.96. The maximum absolute atomic E-state index is 12.2. The van der Waals surface area contributed by atoms with Crippen LogP contribution in [0.3, 0.4) is 0 Å². The summed E-state index contributed by atoms with van der Waals surface area (Å²) in [5, 5.41) is 3.48. The van der Waals surface area contributed by atoms with Gasteiger partial charge in [-0.25, -0.2) is 18.1 Å². The minimum Gasteiger partial charge on any atom is -0.310 e. The van der Waals surface area contributed by atoms with Crippen LogP contribution in [0, 0.1) is 5.92 Å². The maximum Gasteiger partial charge on any atom is 0.258 e. The number of hydrogen-bond donors (Lipinski definition) is 2. The van der Waals surface area contributed by atoms with Crippen LogP contribution in [0.2, 0.25) is 0 Å². The second kappa shape index (κ2) is 7.33. The van der Waals surface area contributed by atoms with Crippen molar-refractivity contribution in [2.24, 2.45) is 5.92 Å². The van der Waals surface area contributed by atoms with Gasteiger partial charge in [-0.15, -0.1) is 0 Å². The lowest BCUT2D eigenvalue weighted by atomic mass is 10.0. The molecule has 0 aromatic carbocycles. The van der Waals surface area contributed by atoms with Crippen molar-refractivity contribution in [1.82, 2.24) is 15.0 Å². The molecular formula is C15H25N3O2S. The number of sulfonamides is 1. The summed E-state index contributed by atoms with van der Waals surface area (Å²) in [5.41, 5.74) is 1.01. The summed E-state index contributed by atoms with van der Waals surface area (Å²) in [5.74, 6) is 0.377. The van der Waals surface area contributed by atoms with Crippen molar-refractivity contribution in [2.45, 2.75) is 57.1 Å². The van der Waals surface area contributed by atoms with Gasteiger partial charge in [0.05, 0.1) is 0 Å². The second-order valence-corrected chi connectivity index (χ2v) is 7.41. The Morgan fingerprint density at radius 2 is 2.00 bits per heavy atom. The number of nitrogens with one attached hydrogen (secondary N) is 2. The summed E-state index contributed by atoms with van der Waals surface area (Å²) in [6.07, 6.45) is 6.05. The van der Waals surface area contributed by atoms with Gasteiger partial charge in [-0.3, -0.25) is 0 Å². The predicted octanol–water partition coefficient (Wildman–Crippen LogP) is 2.05. The number of pyridine rings is 1. The average Bonchev–Trinajstić information content (AvgIpc) is 3.31. The van der Waals surface area contributed by atoms with Gasteiger partial charge >= 0.3 is 0 Å². The third kappa shape index (κ3) is 5.05. The molecule has 0 bridgehead atoms. The molecule has 0 saturated heterocycles. The average molecular weight is 311 g/mol. The largest absolute Gasteiger partial charge is 0.310 e. The summed E-state index contributed by atoms with van der Waals surface area (Å²) < 4.78 is 27.0. The molecule has 0 radical (unpaired) electrons. The summed E-state index contributed by atoms with van der Waals surface area (Å²) in [6, 6.07) is 4.04. The van der Waals surface area contributed by atoms with E-state index in [-0.39, 0.29) is 5.03 Å². The van der Waals surface area contributed by atoms with E-state index in [1.54, 1.807) is 12.3 Å². The molecule has 0 atom stereocenters. The quantitative estimate of drug-likeness (QED) is 0.732. The summed E-state index contributed by atoms with van der Waals surface area (Å²) in [6.45, 7) is 5.37. The summed E-state index contributed by atoms with van der Waals surface area (Å²) >= 11 is 0. The van der Waals surface area contributed by atoms with Crippen LogP contribution in [0.15, 0.2) is 23.4 Å². The minimum atomic E-state index is -3.49. The van der Waals surface area contributed by atoms with E-state index in [0.29, 0.717) is 18.5 Å². The Morgan fingerprint density at radius 1 is 1.29 bits per heavy atom. The maximum atomic E-state index is 12.2. The highest BCUT2D eigenvalue weighted by atomic mass is 32.2. The lowest BCUT2D eigenvalue weighted by molar-refractivity contribution is 0.478. The highest BCUT2D eigenvalue weighted by Crippen LogP contribution is 2.19. The van der Waals surface area contributed by atoms with Crippen molar-refractivity contribution in [3.05, 3.63) is 23.9 Å².